The Hall–Kier alpha value is -1.66. The van der Waals surface area contributed by atoms with Crippen LogP contribution in [0.15, 0.2) is 18.3 Å². The van der Waals surface area contributed by atoms with Crippen molar-refractivity contribution in [1.82, 2.24) is 20.2 Å². The molecule has 0 fully saturated rings. The van der Waals surface area contributed by atoms with Crippen LogP contribution in [-0.4, -0.2) is 27.2 Å². The van der Waals surface area contributed by atoms with Crippen LogP contribution in [0.2, 0.25) is 4.34 Å². The number of rotatable bonds is 2. The van der Waals surface area contributed by atoms with E-state index in [9.17, 15) is 0 Å². The minimum absolute atomic E-state index is 0.557. The van der Waals surface area contributed by atoms with Crippen molar-refractivity contribution in [3.8, 4) is 10.6 Å². The minimum atomic E-state index is 0.557. The summed E-state index contributed by atoms with van der Waals surface area (Å²) in [5.74, 6) is 0.557. The molecule has 0 aliphatic carbocycles. The molecule has 0 aliphatic heterocycles. The van der Waals surface area contributed by atoms with Gasteiger partial charge in [-0.1, -0.05) is 11.6 Å². The van der Waals surface area contributed by atoms with Gasteiger partial charge in [0.1, 0.15) is 0 Å². The second-order valence-electron chi connectivity index (χ2n) is 3.38. The van der Waals surface area contributed by atoms with Crippen LogP contribution in [0.1, 0.15) is 0 Å². The second kappa shape index (κ2) is 3.97. The van der Waals surface area contributed by atoms with Gasteiger partial charge in [0.15, 0.2) is 5.65 Å². The van der Waals surface area contributed by atoms with Gasteiger partial charge in [-0.3, -0.25) is 5.10 Å². The molecule has 17 heavy (non-hydrogen) atoms. The second-order valence-corrected chi connectivity index (χ2v) is 5.10. The van der Waals surface area contributed by atoms with Gasteiger partial charge in [0, 0.05) is 7.05 Å². The van der Waals surface area contributed by atoms with E-state index >= 15 is 0 Å². The molecule has 0 radical (unpaired) electrons. The van der Waals surface area contributed by atoms with Crippen molar-refractivity contribution < 1.29 is 0 Å². The number of fused-ring (bicyclic) bond motifs is 1. The Balaban J connectivity index is 2.29. The topological polar surface area (TPSA) is 66.5 Å². The number of aromatic nitrogens is 4. The Morgan fingerprint density at radius 2 is 2.24 bits per heavy atom. The van der Waals surface area contributed by atoms with Gasteiger partial charge in [0.05, 0.1) is 26.5 Å². The molecule has 0 saturated heterocycles. The summed E-state index contributed by atoms with van der Waals surface area (Å²) in [5.41, 5.74) is 1.55. The molecule has 0 unspecified atom stereocenters. The molecule has 3 rings (SSSR count). The molecule has 0 amide bonds. The molecule has 0 spiro atoms. The van der Waals surface area contributed by atoms with E-state index in [-0.39, 0.29) is 0 Å². The maximum atomic E-state index is 5.95. The van der Waals surface area contributed by atoms with Crippen LogP contribution in [0.3, 0.4) is 0 Å². The fraction of sp³-hybridized carbons (Fsp3) is 0.100. The lowest BCUT2D eigenvalue weighted by atomic mass is 10.2. The maximum Gasteiger partial charge on any atom is 0.225 e. The number of nitrogens with one attached hydrogen (secondary N) is 2. The summed E-state index contributed by atoms with van der Waals surface area (Å²) in [6.45, 7) is 0. The van der Waals surface area contributed by atoms with Crippen molar-refractivity contribution in [2.24, 2.45) is 0 Å². The van der Waals surface area contributed by atoms with Crippen molar-refractivity contribution in [1.29, 1.82) is 0 Å². The fourth-order valence-electron chi connectivity index (χ4n) is 1.58. The normalized spacial score (nSPS) is 10.9. The zero-order chi connectivity index (χ0) is 11.8. The maximum absolute atomic E-state index is 5.95. The summed E-state index contributed by atoms with van der Waals surface area (Å²) in [6.07, 6.45) is 1.72. The summed E-state index contributed by atoms with van der Waals surface area (Å²) in [6, 6.07) is 3.80. The van der Waals surface area contributed by atoms with Crippen LogP contribution in [0, 0.1) is 0 Å². The van der Waals surface area contributed by atoms with E-state index in [2.05, 4.69) is 25.5 Å². The average Bonchev–Trinajstić information content (AvgIpc) is 2.95. The fourth-order valence-corrected chi connectivity index (χ4v) is 2.62. The molecule has 0 aliphatic rings. The molecule has 0 aromatic carbocycles. The lowest BCUT2D eigenvalue weighted by Gasteiger charge is -2.02. The number of hydrogen-bond acceptors (Lipinski definition) is 5. The van der Waals surface area contributed by atoms with Crippen molar-refractivity contribution in [3.05, 3.63) is 22.7 Å². The molecule has 86 valence electrons. The third kappa shape index (κ3) is 1.75. The first kappa shape index (κ1) is 10.5. The van der Waals surface area contributed by atoms with Crippen molar-refractivity contribution in [2.45, 2.75) is 0 Å². The molecule has 7 heteroatoms. The van der Waals surface area contributed by atoms with Crippen LogP contribution in [0.5, 0.6) is 0 Å². The van der Waals surface area contributed by atoms with E-state index < -0.39 is 0 Å². The van der Waals surface area contributed by atoms with E-state index in [1.165, 1.54) is 11.3 Å². The molecule has 0 saturated carbocycles. The number of H-pyrrole nitrogens is 1. The molecule has 3 aromatic rings. The number of aromatic amines is 1. The van der Waals surface area contributed by atoms with E-state index in [0.717, 1.165) is 20.3 Å². The Bertz CT molecular complexity index is 674. The Morgan fingerprint density at radius 3 is 2.94 bits per heavy atom. The largest absolute Gasteiger partial charge is 0.357 e. The first-order chi connectivity index (χ1) is 8.28. The zero-order valence-electron chi connectivity index (χ0n) is 8.86. The van der Waals surface area contributed by atoms with Crippen LogP contribution < -0.4 is 5.32 Å². The van der Waals surface area contributed by atoms with Gasteiger partial charge >= 0.3 is 0 Å². The first-order valence-corrected chi connectivity index (χ1v) is 6.12. The molecule has 0 atom stereocenters. The van der Waals surface area contributed by atoms with Gasteiger partial charge in [-0.2, -0.15) is 10.1 Å². The quantitative estimate of drug-likeness (QED) is 0.748. The molecule has 2 N–H and O–H groups in total. The molecular weight excluding hydrogens is 258 g/mol. The number of halogens is 1. The van der Waals surface area contributed by atoms with Gasteiger partial charge < -0.3 is 5.32 Å². The highest BCUT2D eigenvalue weighted by Crippen LogP contribution is 2.33. The lowest BCUT2D eigenvalue weighted by molar-refractivity contribution is 1.09. The van der Waals surface area contributed by atoms with Gasteiger partial charge in [0.25, 0.3) is 0 Å². The van der Waals surface area contributed by atoms with E-state index in [1.54, 1.807) is 13.2 Å². The molecule has 3 heterocycles. The van der Waals surface area contributed by atoms with Gasteiger partial charge in [-0.05, 0) is 12.1 Å². The zero-order valence-corrected chi connectivity index (χ0v) is 10.4. The summed E-state index contributed by atoms with van der Waals surface area (Å²) in [5, 5.41) is 10.6. The van der Waals surface area contributed by atoms with Crippen LogP contribution in [0.4, 0.5) is 5.95 Å². The highest BCUT2D eigenvalue weighted by molar-refractivity contribution is 7.19. The van der Waals surface area contributed by atoms with Crippen molar-refractivity contribution >= 4 is 39.9 Å². The third-order valence-corrected chi connectivity index (χ3v) is 3.58. The Labute approximate surface area is 106 Å². The van der Waals surface area contributed by atoms with Crippen LogP contribution >= 0.6 is 22.9 Å². The van der Waals surface area contributed by atoms with E-state index in [0.29, 0.717) is 11.6 Å². The highest BCUT2D eigenvalue weighted by atomic mass is 35.5. The molecular formula is C10H8ClN5S. The monoisotopic (exact) mass is 265 g/mol. The predicted molar refractivity (Wildman–Crippen MR) is 69.6 cm³/mol. The standard InChI is InChI=1S/C10H8ClN5S/c1-12-10-14-8(6-2-3-7(11)17-6)5-4-13-16-9(5)15-10/h2-4H,1H3,(H2,12,13,14,15,16). The first-order valence-electron chi connectivity index (χ1n) is 4.92. The van der Waals surface area contributed by atoms with Crippen molar-refractivity contribution in [3.63, 3.8) is 0 Å². The summed E-state index contributed by atoms with van der Waals surface area (Å²) in [4.78, 5) is 9.72. The van der Waals surface area contributed by atoms with Gasteiger partial charge in [0.2, 0.25) is 5.95 Å². The average molecular weight is 266 g/mol. The number of anilines is 1. The van der Waals surface area contributed by atoms with E-state index in [4.69, 9.17) is 11.6 Å². The highest BCUT2D eigenvalue weighted by Gasteiger charge is 2.12. The van der Waals surface area contributed by atoms with Gasteiger partial charge in [-0.15, -0.1) is 11.3 Å². The molecule has 3 aromatic heterocycles. The Morgan fingerprint density at radius 1 is 1.35 bits per heavy atom. The number of thiophene rings is 1. The van der Waals surface area contributed by atoms with Crippen LogP contribution in [-0.2, 0) is 0 Å². The van der Waals surface area contributed by atoms with Crippen LogP contribution in [0.25, 0.3) is 21.6 Å². The van der Waals surface area contributed by atoms with Crippen molar-refractivity contribution in [2.75, 3.05) is 12.4 Å². The summed E-state index contributed by atoms with van der Waals surface area (Å²) < 4.78 is 0.737. The number of hydrogen-bond donors (Lipinski definition) is 2. The van der Waals surface area contributed by atoms with E-state index in [1.807, 2.05) is 12.1 Å². The minimum Gasteiger partial charge on any atom is -0.357 e. The Kier molecular flexibility index (Phi) is 2.45. The smallest absolute Gasteiger partial charge is 0.225 e. The molecule has 0 bridgehead atoms. The predicted octanol–water partition coefficient (Wildman–Crippen LogP) is 2.78. The third-order valence-electron chi connectivity index (χ3n) is 2.34. The summed E-state index contributed by atoms with van der Waals surface area (Å²) in [7, 11) is 1.78. The number of nitrogens with zero attached hydrogens (tertiary/aromatic N) is 3. The SMILES string of the molecule is CNc1nc(-c2ccc(Cl)s2)c2cn[nH]c2n1. The molecule has 5 nitrogen and oxygen atoms in total. The lowest BCUT2D eigenvalue weighted by Crippen LogP contribution is -1.97. The van der Waals surface area contributed by atoms with Gasteiger partial charge in [-0.25, -0.2) is 4.98 Å². The summed E-state index contributed by atoms with van der Waals surface area (Å²) >= 11 is 7.43.